The van der Waals surface area contributed by atoms with Gasteiger partial charge in [0, 0.05) is 0 Å². The Balaban J connectivity index is 7.13. The van der Waals surface area contributed by atoms with Gasteiger partial charge < -0.3 is 9.84 Å². The normalized spacial score (nSPS) is 16.3. The van der Waals surface area contributed by atoms with Crippen molar-refractivity contribution in [2.75, 3.05) is 6.61 Å². The number of halogens is 19. The Morgan fingerprint density at radius 1 is 0.583 bits per heavy atom. The summed E-state index contributed by atoms with van der Waals surface area (Å²) in [5.41, 5.74) is 0. The van der Waals surface area contributed by atoms with Crippen molar-refractivity contribution in [2.45, 2.75) is 60.5 Å². The van der Waals surface area contributed by atoms with Crippen molar-refractivity contribution in [3.8, 4) is 0 Å². The molecule has 0 unspecified atom stereocenters. The highest BCUT2D eigenvalue weighted by Crippen LogP contribution is 2.65. The van der Waals surface area contributed by atoms with Crippen LogP contribution in [0.2, 0.25) is 0 Å². The minimum absolute atomic E-state index is 0.536. The Morgan fingerprint density at radius 2 is 0.861 bits per heavy atom. The van der Waals surface area contributed by atoms with Gasteiger partial charge in [0.05, 0.1) is 12.7 Å². The lowest BCUT2D eigenvalue weighted by Crippen LogP contribution is -2.75. The molecule has 0 aliphatic carbocycles. The Labute approximate surface area is 184 Å². The molecule has 0 aromatic carbocycles. The van der Waals surface area contributed by atoms with Gasteiger partial charge in [0.25, 0.3) is 0 Å². The van der Waals surface area contributed by atoms with Crippen molar-refractivity contribution in [2.24, 2.45) is 0 Å². The number of aliphatic carboxylic acids is 1. The molecule has 0 aromatic rings. The maximum atomic E-state index is 13.8. The molecular weight excluding hydrogens is 577 g/mol. The number of rotatable bonds is 11. The smallest absolute Gasteiger partial charge is 0.460 e. The average molecular weight is 584 g/mol. The zero-order chi connectivity index (χ0) is 29.8. The molecular formula is C14H7F19O3. The van der Waals surface area contributed by atoms with Crippen LogP contribution in [0.25, 0.3) is 0 Å². The van der Waals surface area contributed by atoms with E-state index in [0.717, 1.165) is 0 Å². The minimum atomic E-state index is -9.05. The van der Waals surface area contributed by atoms with Crippen LogP contribution in [0.3, 0.4) is 0 Å². The molecule has 0 aliphatic heterocycles. The number of alkyl halides is 19. The summed E-state index contributed by atoms with van der Waals surface area (Å²) in [6.07, 6.45) is -9.19. The molecule has 214 valence electrons. The molecule has 1 N–H and O–H groups in total. The number of allylic oxidation sites excluding steroid dienone is 1. The van der Waals surface area contributed by atoms with E-state index in [1.807, 2.05) is 0 Å². The first-order valence-corrected chi connectivity index (χ1v) is 8.05. The molecule has 0 heterocycles. The Hall–Kier alpha value is -2.32. The fourth-order valence-electron chi connectivity index (χ4n) is 2.01. The predicted molar refractivity (Wildman–Crippen MR) is 73.0 cm³/mol. The summed E-state index contributed by atoms with van der Waals surface area (Å²) in [6.45, 7) is -0.825. The lowest BCUT2D eigenvalue weighted by molar-refractivity contribution is -0.468. The summed E-state index contributed by atoms with van der Waals surface area (Å²) in [6, 6.07) is 0. The van der Waals surface area contributed by atoms with Crippen molar-refractivity contribution in [1.82, 2.24) is 0 Å². The van der Waals surface area contributed by atoms with Crippen LogP contribution < -0.4 is 0 Å². The van der Waals surface area contributed by atoms with E-state index in [-0.39, 0.29) is 0 Å². The number of carboxylic acid groups (broad SMARTS) is 1. The summed E-state index contributed by atoms with van der Waals surface area (Å²) in [5, 5.41) is 8.23. The zero-order valence-electron chi connectivity index (χ0n) is 16.2. The first-order valence-electron chi connectivity index (χ1n) is 8.05. The lowest BCUT2D eigenvalue weighted by Gasteiger charge is -2.43. The predicted octanol–water partition coefficient (Wildman–Crippen LogP) is 6.64. The molecule has 0 saturated carbocycles. The van der Waals surface area contributed by atoms with Crippen molar-refractivity contribution in [3.63, 3.8) is 0 Å². The van der Waals surface area contributed by atoms with E-state index in [0.29, 0.717) is 6.92 Å². The van der Waals surface area contributed by atoms with Gasteiger partial charge in [0.15, 0.2) is 5.76 Å². The van der Waals surface area contributed by atoms with Gasteiger partial charge >= 0.3 is 59.5 Å². The van der Waals surface area contributed by atoms with E-state index in [4.69, 9.17) is 5.11 Å². The lowest BCUT2D eigenvalue weighted by atomic mass is 9.87. The molecule has 0 bridgehead atoms. The van der Waals surface area contributed by atoms with Crippen molar-refractivity contribution in [1.29, 1.82) is 0 Å². The van der Waals surface area contributed by atoms with Crippen LogP contribution in [0.4, 0.5) is 83.4 Å². The molecule has 0 atom stereocenters. The van der Waals surface area contributed by atoms with E-state index in [2.05, 4.69) is 4.74 Å². The molecule has 3 nitrogen and oxygen atoms in total. The highest BCUT2D eigenvalue weighted by Gasteiger charge is 2.97. The standard InChI is InChI=1S/C14H7F19O3/c1-2-36-4(3-5(34)35)6(15,16)7(17,18)8(19,20)9(21,22)10(23,24)11(25,26)12(27,28)13(29,30)14(31,32)33/h3H,2H2,1H3,(H,34,35)/b4-3+. The Morgan fingerprint density at radius 3 is 1.11 bits per heavy atom. The number of carbonyl (C=O) groups is 1. The highest BCUT2D eigenvalue weighted by atomic mass is 19.4. The van der Waals surface area contributed by atoms with Gasteiger partial charge in [-0.15, -0.1) is 0 Å². The molecule has 0 rings (SSSR count). The molecule has 36 heavy (non-hydrogen) atoms. The third kappa shape index (κ3) is 4.36. The Kier molecular flexibility index (Phi) is 8.33. The van der Waals surface area contributed by atoms with Crippen LogP contribution >= 0.6 is 0 Å². The molecule has 0 spiro atoms. The first-order chi connectivity index (χ1) is 15.4. The van der Waals surface area contributed by atoms with E-state index < -0.39 is 78.0 Å². The Bertz CT molecular complexity index is 854. The summed E-state index contributed by atoms with van der Waals surface area (Å²) in [7, 11) is 0. The highest BCUT2D eigenvalue weighted by molar-refractivity contribution is 5.80. The van der Waals surface area contributed by atoms with Crippen LogP contribution in [-0.4, -0.2) is 71.2 Å². The fraction of sp³-hybridized carbons (Fsp3) is 0.786. The van der Waals surface area contributed by atoms with Crippen molar-refractivity contribution in [3.05, 3.63) is 11.8 Å². The van der Waals surface area contributed by atoms with E-state index in [1.54, 1.807) is 0 Å². The van der Waals surface area contributed by atoms with Crippen molar-refractivity contribution >= 4 is 5.97 Å². The summed E-state index contributed by atoms with van der Waals surface area (Å²) >= 11 is 0. The first kappa shape index (κ1) is 33.7. The van der Waals surface area contributed by atoms with Gasteiger partial charge in [0.1, 0.15) is 0 Å². The maximum Gasteiger partial charge on any atom is 0.460 e. The van der Waals surface area contributed by atoms with Crippen LogP contribution in [0.5, 0.6) is 0 Å². The van der Waals surface area contributed by atoms with Crippen LogP contribution in [0, 0.1) is 0 Å². The number of carboxylic acids is 1. The van der Waals surface area contributed by atoms with E-state index in [1.165, 1.54) is 0 Å². The van der Waals surface area contributed by atoms with E-state index >= 15 is 0 Å². The summed E-state index contributed by atoms with van der Waals surface area (Å²) in [4.78, 5) is 10.3. The zero-order valence-corrected chi connectivity index (χ0v) is 16.2. The van der Waals surface area contributed by atoms with Crippen molar-refractivity contribution < 1.29 is 98.1 Å². The minimum Gasteiger partial charge on any atom is -0.491 e. The quantitative estimate of drug-likeness (QED) is 0.169. The van der Waals surface area contributed by atoms with Gasteiger partial charge in [-0.2, -0.15) is 83.4 Å². The van der Waals surface area contributed by atoms with E-state index in [9.17, 15) is 88.2 Å². The van der Waals surface area contributed by atoms with Crippen LogP contribution in [0.15, 0.2) is 11.8 Å². The van der Waals surface area contributed by atoms with Crippen LogP contribution in [-0.2, 0) is 9.53 Å². The molecule has 0 saturated heterocycles. The van der Waals surface area contributed by atoms with Gasteiger partial charge in [-0.1, -0.05) is 0 Å². The fourth-order valence-corrected chi connectivity index (χ4v) is 2.01. The molecule has 0 aliphatic rings. The second-order valence-electron chi connectivity index (χ2n) is 6.37. The van der Waals surface area contributed by atoms with Gasteiger partial charge in [0.2, 0.25) is 0 Å². The molecule has 0 amide bonds. The van der Waals surface area contributed by atoms with Gasteiger partial charge in [-0.05, 0) is 6.92 Å². The largest absolute Gasteiger partial charge is 0.491 e. The van der Waals surface area contributed by atoms with Crippen LogP contribution in [0.1, 0.15) is 6.92 Å². The SMILES string of the molecule is CCO/C(=C/C(=O)O)C(F)(F)C(F)(F)C(F)(F)C(F)(F)C(F)(F)C(F)(F)C(F)(F)C(F)(F)C(F)(F)F. The molecule has 22 heteroatoms. The number of ether oxygens (including phenoxy) is 1. The topological polar surface area (TPSA) is 46.5 Å². The van der Waals surface area contributed by atoms with Gasteiger partial charge in [-0.25, -0.2) is 4.79 Å². The second-order valence-corrected chi connectivity index (χ2v) is 6.37. The monoisotopic (exact) mass is 584 g/mol. The molecule has 0 fully saturated rings. The summed E-state index contributed by atoms with van der Waals surface area (Å²) < 4.78 is 254. The second kappa shape index (κ2) is 8.91. The third-order valence-electron chi connectivity index (χ3n) is 3.98. The third-order valence-corrected chi connectivity index (χ3v) is 3.98. The molecule has 0 radical (unpaired) electrons. The maximum absolute atomic E-state index is 13.8. The average Bonchev–Trinajstić information content (AvgIpc) is 2.65. The summed E-state index contributed by atoms with van der Waals surface area (Å²) in [5.74, 6) is -74.2. The number of hydrogen-bond acceptors (Lipinski definition) is 2. The molecule has 0 aromatic heterocycles. The number of hydrogen-bond donors (Lipinski definition) is 1. The van der Waals surface area contributed by atoms with Gasteiger partial charge in [-0.3, -0.25) is 0 Å².